The fraction of sp³-hybridized carbons (Fsp3) is 0.632. The van der Waals surface area contributed by atoms with Gasteiger partial charge in [-0.1, -0.05) is 0 Å². The van der Waals surface area contributed by atoms with E-state index in [1.54, 1.807) is 6.26 Å². The molecular weight excluding hydrogens is 486 g/mol. The molecule has 0 bridgehead atoms. The summed E-state index contributed by atoms with van der Waals surface area (Å²) in [6.45, 7) is 0. The van der Waals surface area contributed by atoms with E-state index in [1.165, 1.54) is 11.8 Å². The third kappa shape index (κ3) is 13.8. The number of amides is 6. The van der Waals surface area contributed by atoms with E-state index < -0.39 is 72.0 Å². The summed E-state index contributed by atoms with van der Waals surface area (Å²) in [7, 11) is 0. The molecule has 0 aromatic heterocycles. The highest BCUT2D eigenvalue weighted by atomic mass is 32.2. The molecule has 0 saturated heterocycles. The maximum atomic E-state index is 12.8. The SMILES string of the molecule is CSCCC(NC(=O)C(N)CCC(N)=O)C(=O)NC(CC(N)=O)C(=O)NC(CCC(N)=O)C(=O)O. The van der Waals surface area contributed by atoms with Crippen molar-refractivity contribution in [3.8, 4) is 0 Å². The minimum atomic E-state index is -1.56. The van der Waals surface area contributed by atoms with Crippen LogP contribution in [0.4, 0.5) is 0 Å². The van der Waals surface area contributed by atoms with E-state index in [1.807, 2.05) is 0 Å². The van der Waals surface area contributed by atoms with Crippen molar-refractivity contribution >= 4 is 53.2 Å². The van der Waals surface area contributed by atoms with Crippen molar-refractivity contribution in [1.29, 1.82) is 0 Å². The van der Waals surface area contributed by atoms with Crippen LogP contribution in [0.15, 0.2) is 0 Å². The number of nitrogens with two attached hydrogens (primary N) is 4. The number of primary amides is 3. The van der Waals surface area contributed by atoms with Gasteiger partial charge in [-0.3, -0.25) is 28.8 Å². The van der Waals surface area contributed by atoms with Crippen molar-refractivity contribution in [2.24, 2.45) is 22.9 Å². The second kappa shape index (κ2) is 16.3. The van der Waals surface area contributed by atoms with Crippen LogP contribution in [0.1, 0.15) is 38.5 Å². The lowest BCUT2D eigenvalue weighted by Crippen LogP contribution is -2.58. The third-order valence-corrected chi connectivity index (χ3v) is 5.26. The van der Waals surface area contributed by atoms with Crippen LogP contribution in [-0.4, -0.2) is 82.7 Å². The van der Waals surface area contributed by atoms with Crippen molar-refractivity contribution in [3.63, 3.8) is 0 Å². The maximum absolute atomic E-state index is 12.8. The molecule has 0 saturated carbocycles. The van der Waals surface area contributed by atoms with Gasteiger partial charge in [0.2, 0.25) is 35.4 Å². The standard InChI is InChI=1S/C19H33N7O8S/c1-35-7-6-10(24-16(30)9(20)2-4-13(21)27)17(31)26-12(8-15(23)29)18(32)25-11(19(33)34)3-5-14(22)28/h9-12H,2-8,20H2,1H3,(H2,21,27)(H2,22,28)(H2,23,29)(H,24,30)(H,25,32)(H,26,31)(H,33,34). The zero-order valence-electron chi connectivity index (χ0n) is 19.3. The summed E-state index contributed by atoms with van der Waals surface area (Å²) in [5, 5.41) is 16.1. The van der Waals surface area contributed by atoms with E-state index in [2.05, 4.69) is 16.0 Å². The fourth-order valence-corrected chi connectivity index (χ4v) is 3.18. The first-order valence-electron chi connectivity index (χ1n) is 10.5. The highest BCUT2D eigenvalue weighted by Gasteiger charge is 2.31. The second-order valence-electron chi connectivity index (χ2n) is 7.59. The highest BCUT2D eigenvalue weighted by Crippen LogP contribution is 2.05. The molecule has 198 valence electrons. The van der Waals surface area contributed by atoms with E-state index in [4.69, 9.17) is 22.9 Å². The Morgan fingerprint density at radius 2 is 1.20 bits per heavy atom. The molecule has 4 unspecified atom stereocenters. The van der Waals surface area contributed by atoms with E-state index >= 15 is 0 Å². The maximum Gasteiger partial charge on any atom is 0.326 e. The Bertz CT molecular complexity index is 810. The van der Waals surface area contributed by atoms with Crippen molar-refractivity contribution in [3.05, 3.63) is 0 Å². The number of carboxylic acids is 1. The van der Waals surface area contributed by atoms with Gasteiger partial charge in [0.25, 0.3) is 0 Å². The number of carbonyl (C=O) groups excluding carboxylic acids is 6. The highest BCUT2D eigenvalue weighted by molar-refractivity contribution is 7.98. The minimum Gasteiger partial charge on any atom is -0.480 e. The Morgan fingerprint density at radius 3 is 1.69 bits per heavy atom. The molecule has 0 heterocycles. The van der Waals surface area contributed by atoms with E-state index in [0.717, 1.165) is 0 Å². The molecule has 0 radical (unpaired) electrons. The molecule has 35 heavy (non-hydrogen) atoms. The van der Waals surface area contributed by atoms with Gasteiger partial charge in [0.1, 0.15) is 18.1 Å². The summed E-state index contributed by atoms with van der Waals surface area (Å²) in [6.07, 6.45) is 0.386. The molecule has 0 aliphatic rings. The lowest BCUT2D eigenvalue weighted by Gasteiger charge is -2.24. The van der Waals surface area contributed by atoms with Crippen LogP contribution >= 0.6 is 11.8 Å². The van der Waals surface area contributed by atoms with Gasteiger partial charge in [0.15, 0.2) is 0 Å². The smallest absolute Gasteiger partial charge is 0.326 e. The lowest BCUT2D eigenvalue weighted by molar-refractivity contribution is -0.142. The number of thioether (sulfide) groups is 1. The zero-order valence-corrected chi connectivity index (χ0v) is 20.1. The molecule has 0 spiro atoms. The topological polar surface area (TPSA) is 280 Å². The monoisotopic (exact) mass is 519 g/mol. The van der Waals surface area contributed by atoms with Crippen molar-refractivity contribution < 1.29 is 38.7 Å². The summed E-state index contributed by atoms with van der Waals surface area (Å²) < 4.78 is 0. The lowest BCUT2D eigenvalue weighted by atomic mass is 10.1. The number of carbonyl (C=O) groups is 7. The fourth-order valence-electron chi connectivity index (χ4n) is 2.71. The van der Waals surface area contributed by atoms with Crippen LogP contribution in [0.25, 0.3) is 0 Å². The van der Waals surface area contributed by atoms with E-state index in [0.29, 0.717) is 5.75 Å². The summed E-state index contributed by atoms with van der Waals surface area (Å²) in [5.74, 6) is -6.06. The van der Waals surface area contributed by atoms with Gasteiger partial charge in [0.05, 0.1) is 12.5 Å². The Morgan fingerprint density at radius 1 is 0.714 bits per heavy atom. The molecule has 16 heteroatoms. The van der Waals surface area contributed by atoms with Gasteiger partial charge in [-0.15, -0.1) is 0 Å². The number of hydrogen-bond acceptors (Lipinski definition) is 9. The summed E-state index contributed by atoms with van der Waals surface area (Å²) in [5.41, 5.74) is 20.9. The molecule has 6 amide bonds. The summed E-state index contributed by atoms with van der Waals surface area (Å²) in [4.78, 5) is 82.5. The van der Waals surface area contributed by atoms with Gasteiger partial charge >= 0.3 is 5.97 Å². The average molecular weight is 520 g/mol. The number of rotatable bonds is 18. The predicted octanol–water partition coefficient (Wildman–Crippen LogP) is -3.99. The quantitative estimate of drug-likeness (QED) is 0.0868. The van der Waals surface area contributed by atoms with Crippen molar-refractivity contribution in [1.82, 2.24) is 16.0 Å². The first-order chi connectivity index (χ1) is 16.3. The Kier molecular flexibility index (Phi) is 14.7. The predicted molar refractivity (Wildman–Crippen MR) is 125 cm³/mol. The molecule has 0 rings (SSSR count). The first kappa shape index (κ1) is 31.6. The van der Waals surface area contributed by atoms with Crippen LogP contribution in [0.2, 0.25) is 0 Å². The van der Waals surface area contributed by atoms with Crippen molar-refractivity contribution in [2.45, 2.75) is 62.7 Å². The summed E-state index contributed by atoms with van der Waals surface area (Å²) >= 11 is 1.37. The van der Waals surface area contributed by atoms with E-state index in [9.17, 15) is 38.7 Å². The molecule has 12 N–H and O–H groups in total. The van der Waals surface area contributed by atoms with Crippen LogP contribution < -0.4 is 38.9 Å². The third-order valence-electron chi connectivity index (χ3n) is 4.61. The molecule has 0 aromatic rings. The molecule has 4 atom stereocenters. The van der Waals surface area contributed by atoms with Gasteiger partial charge < -0.3 is 44.0 Å². The Balaban J connectivity index is 5.47. The van der Waals surface area contributed by atoms with Gasteiger partial charge in [-0.25, -0.2) is 4.79 Å². The number of nitrogens with one attached hydrogen (secondary N) is 3. The minimum absolute atomic E-state index is 0.0490. The normalized spacial score (nSPS) is 14.0. The number of aliphatic carboxylic acids is 1. The van der Waals surface area contributed by atoms with Gasteiger partial charge in [-0.05, 0) is 31.3 Å². The van der Waals surface area contributed by atoms with E-state index in [-0.39, 0.29) is 32.1 Å². The van der Waals surface area contributed by atoms with Crippen molar-refractivity contribution in [2.75, 3.05) is 12.0 Å². The number of carboxylic acid groups (broad SMARTS) is 1. The second-order valence-corrected chi connectivity index (χ2v) is 8.58. The van der Waals surface area contributed by atoms with Crippen LogP contribution in [0.3, 0.4) is 0 Å². The van der Waals surface area contributed by atoms with Crippen LogP contribution in [0, 0.1) is 0 Å². The molecular formula is C19H33N7O8S. The van der Waals surface area contributed by atoms with Gasteiger partial charge in [0, 0.05) is 12.8 Å². The molecule has 0 aliphatic carbocycles. The molecule has 15 nitrogen and oxygen atoms in total. The van der Waals surface area contributed by atoms with Crippen LogP contribution in [0.5, 0.6) is 0 Å². The molecule has 0 fully saturated rings. The Labute approximate surface area is 205 Å². The van der Waals surface area contributed by atoms with Gasteiger partial charge in [-0.2, -0.15) is 11.8 Å². The zero-order chi connectivity index (χ0) is 27.1. The number of hydrogen-bond donors (Lipinski definition) is 8. The first-order valence-corrected chi connectivity index (χ1v) is 11.9. The average Bonchev–Trinajstić information content (AvgIpc) is 2.75. The molecule has 0 aliphatic heterocycles. The van der Waals surface area contributed by atoms with Crippen LogP contribution in [-0.2, 0) is 33.6 Å². The molecule has 0 aromatic carbocycles. The summed E-state index contributed by atoms with van der Waals surface area (Å²) in [6, 6.07) is -5.37. The Hall–Kier alpha value is -3.40. The largest absolute Gasteiger partial charge is 0.480 e.